The minimum atomic E-state index is 0.210. The smallest absolute Gasteiger partial charge is 0.222 e. The lowest BCUT2D eigenvalue weighted by Crippen LogP contribution is -2.30. The van der Waals surface area contributed by atoms with Gasteiger partial charge in [0.1, 0.15) is 0 Å². The number of hydrogen-bond donors (Lipinski definition) is 0. The van der Waals surface area contributed by atoms with Crippen LogP contribution >= 0.6 is 0 Å². The quantitative estimate of drug-likeness (QED) is 0.811. The van der Waals surface area contributed by atoms with E-state index in [-0.39, 0.29) is 12.0 Å². The number of nitrogens with zero attached hydrogens (tertiary/aromatic N) is 2. The van der Waals surface area contributed by atoms with Crippen LogP contribution < -0.4 is 0 Å². The van der Waals surface area contributed by atoms with Crippen molar-refractivity contribution in [3.63, 3.8) is 0 Å². The van der Waals surface area contributed by atoms with Crippen molar-refractivity contribution in [3.05, 3.63) is 35.4 Å². The Morgan fingerprint density at radius 3 is 2.73 bits per heavy atom. The van der Waals surface area contributed by atoms with Crippen LogP contribution in [0.5, 0.6) is 0 Å². The van der Waals surface area contributed by atoms with Crippen molar-refractivity contribution in [1.29, 1.82) is 5.26 Å². The molecule has 1 aromatic rings. The van der Waals surface area contributed by atoms with Crippen molar-refractivity contribution in [2.24, 2.45) is 5.92 Å². The van der Waals surface area contributed by atoms with Crippen LogP contribution in [0.25, 0.3) is 0 Å². The highest BCUT2D eigenvalue weighted by atomic mass is 16.5. The first-order chi connectivity index (χ1) is 10.7. The fraction of sp³-hybridized carbons (Fsp3) is 0.556. The van der Waals surface area contributed by atoms with Gasteiger partial charge in [0.05, 0.1) is 17.7 Å². The first kappa shape index (κ1) is 15.1. The molecule has 1 saturated carbocycles. The van der Waals surface area contributed by atoms with Gasteiger partial charge in [-0.1, -0.05) is 12.1 Å². The van der Waals surface area contributed by atoms with E-state index >= 15 is 0 Å². The van der Waals surface area contributed by atoms with E-state index in [4.69, 9.17) is 10.00 Å². The van der Waals surface area contributed by atoms with Crippen LogP contribution in [0, 0.1) is 17.2 Å². The van der Waals surface area contributed by atoms with Gasteiger partial charge < -0.3 is 9.64 Å². The van der Waals surface area contributed by atoms with E-state index in [0.29, 0.717) is 12.0 Å². The van der Waals surface area contributed by atoms with Gasteiger partial charge >= 0.3 is 0 Å². The molecule has 116 valence electrons. The van der Waals surface area contributed by atoms with Crippen molar-refractivity contribution in [1.82, 2.24) is 4.90 Å². The van der Waals surface area contributed by atoms with Crippen molar-refractivity contribution in [2.45, 2.75) is 38.2 Å². The molecule has 1 saturated heterocycles. The Labute approximate surface area is 131 Å². The maximum Gasteiger partial charge on any atom is 0.222 e. The lowest BCUT2D eigenvalue weighted by molar-refractivity contribution is -0.130. The standard InChI is InChI=1S/C18H22N2O2/c19-11-15-3-1-14(2-4-15)7-8-18(21)20-10-9-17(12-20)22-13-16-5-6-16/h1-4,16-17H,5-10,12-13H2. The monoisotopic (exact) mass is 298 g/mol. The summed E-state index contributed by atoms with van der Waals surface area (Å²) in [5.74, 6) is 0.989. The Kier molecular flexibility index (Phi) is 4.74. The summed E-state index contributed by atoms with van der Waals surface area (Å²) in [5.41, 5.74) is 1.76. The van der Waals surface area contributed by atoms with E-state index < -0.39 is 0 Å². The third-order valence-electron chi connectivity index (χ3n) is 4.47. The highest BCUT2D eigenvalue weighted by molar-refractivity contribution is 5.76. The second-order valence-electron chi connectivity index (χ2n) is 6.34. The Bertz CT molecular complexity index is 557. The van der Waals surface area contributed by atoms with Gasteiger partial charge in [0, 0.05) is 26.1 Å². The van der Waals surface area contributed by atoms with E-state index in [1.54, 1.807) is 12.1 Å². The minimum absolute atomic E-state index is 0.210. The van der Waals surface area contributed by atoms with E-state index in [2.05, 4.69) is 6.07 Å². The number of aryl methyl sites for hydroxylation is 1. The van der Waals surface area contributed by atoms with Crippen molar-refractivity contribution in [2.75, 3.05) is 19.7 Å². The highest BCUT2D eigenvalue weighted by Gasteiger charge is 2.29. The maximum atomic E-state index is 12.3. The molecule has 0 radical (unpaired) electrons. The van der Waals surface area contributed by atoms with Gasteiger partial charge in [-0.3, -0.25) is 4.79 Å². The normalized spacial score (nSPS) is 20.9. The largest absolute Gasteiger partial charge is 0.376 e. The summed E-state index contributed by atoms with van der Waals surface area (Å²) in [5, 5.41) is 8.77. The number of amides is 1. The summed E-state index contributed by atoms with van der Waals surface area (Å²) in [4.78, 5) is 14.2. The number of nitriles is 1. The number of carbonyl (C=O) groups is 1. The average molecular weight is 298 g/mol. The lowest BCUT2D eigenvalue weighted by atomic mass is 10.1. The molecule has 2 fully saturated rings. The molecule has 1 aromatic carbocycles. The SMILES string of the molecule is N#Cc1ccc(CCC(=O)N2CCC(OCC3CC3)C2)cc1. The second-order valence-corrected chi connectivity index (χ2v) is 6.34. The van der Waals surface area contributed by atoms with Gasteiger partial charge in [-0.2, -0.15) is 5.26 Å². The van der Waals surface area contributed by atoms with Crippen molar-refractivity contribution >= 4 is 5.91 Å². The molecule has 4 heteroatoms. The molecule has 3 rings (SSSR count). The molecule has 0 bridgehead atoms. The fourth-order valence-electron chi connectivity index (χ4n) is 2.80. The number of benzene rings is 1. The van der Waals surface area contributed by atoms with E-state index in [9.17, 15) is 4.79 Å². The summed E-state index contributed by atoms with van der Waals surface area (Å²) in [6.45, 7) is 2.44. The molecule has 2 aliphatic rings. The second kappa shape index (κ2) is 6.93. The predicted molar refractivity (Wildman–Crippen MR) is 83.1 cm³/mol. The van der Waals surface area contributed by atoms with Crippen LogP contribution in [0.1, 0.15) is 36.8 Å². The van der Waals surface area contributed by atoms with Gasteiger partial charge in [0.25, 0.3) is 0 Å². The lowest BCUT2D eigenvalue weighted by Gasteiger charge is -2.16. The average Bonchev–Trinajstić information content (AvgIpc) is 3.27. The molecule has 1 amide bonds. The van der Waals surface area contributed by atoms with Gasteiger partial charge in [0.2, 0.25) is 5.91 Å². The summed E-state index contributed by atoms with van der Waals surface area (Å²) in [6.07, 6.45) is 5.07. The molecule has 0 spiro atoms. The molecule has 1 aliphatic heterocycles. The van der Waals surface area contributed by atoms with Gasteiger partial charge in [-0.15, -0.1) is 0 Å². The zero-order valence-corrected chi connectivity index (χ0v) is 12.8. The molecular weight excluding hydrogens is 276 g/mol. The van der Waals surface area contributed by atoms with Crippen LogP contribution in [0.4, 0.5) is 0 Å². The summed E-state index contributed by atoms with van der Waals surface area (Å²) >= 11 is 0. The molecule has 1 heterocycles. The molecule has 1 unspecified atom stereocenters. The Morgan fingerprint density at radius 2 is 2.05 bits per heavy atom. The van der Waals surface area contributed by atoms with E-state index in [1.807, 2.05) is 17.0 Å². The fourth-order valence-corrected chi connectivity index (χ4v) is 2.80. The Hall–Kier alpha value is -1.86. The Balaban J connectivity index is 1.40. The predicted octanol–water partition coefficient (Wildman–Crippen LogP) is 2.52. The van der Waals surface area contributed by atoms with Crippen LogP contribution in [-0.4, -0.2) is 36.6 Å². The molecule has 22 heavy (non-hydrogen) atoms. The summed E-state index contributed by atoms with van der Waals surface area (Å²) in [6, 6.07) is 9.57. The molecule has 0 N–H and O–H groups in total. The first-order valence-corrected chi connectivity index (χ1v) is 8.13. The number of hydrogen-bond acceptors (Lipinski definition) is 3. The molecule has 4 nitrogen and oxygen atoms in total. The summed E-state index contributed by atoms with van der Waals surface area (Å²) < 4.78 is 5.87. The molecular formula is C18H22N2O2. The van der Waals surface area contributed by atoms with Crippen LogP contribution in [-0.2, 0) is 16.0 Å². The minimum Gasteiger partial charge on any atom is -0.376 e. The zero-order valence-electron chi connectivity index (χ0n) is 12.8. The van der Waals surface area contributed by atoms with E-state index in [1.165, 1.54) is 12.8 Å². The van der Waals surface area contributed by atoms with Crippen molar-refractivity contribution in [3.8, 4) is 6.07 Å². The topological polar surface area (TPSA) is 53.3 Å². The zero-order chi connectivity index (χ0) is 15.4. The van der Waals surface area contributed by atoms with Gasteiger partial charge in [0.15, 0.2) is 0 Å². The van der Waals surface area contributed by atoms with Gasteiger partial charge in [-0.25, -0.2) is 0 Å². The first-order valence-electron chi connectivity index (χ1n) is 8.13. The molecule has 1 atom stereocenters. The maximum absolute atomic E-state index is 12.3. The third kappa shape index (κ3) is 4.08. The summed E-state index contributed by atoms with van der Waals surface area (Å²) in [7, 11) is 0. The van der Waals surface area contributed by atoms with Crippen LogP contribution in [0.15, 0.2) is 24.3 Å². The van der Waals surface area contributed by atoms with Crippen molar-refractivity contribution < 1.29 is 9.53 Å². The highest BCUT2D eigenvalue weighted by Crippen LogP contribution is 2.30. The molecule has 0 aromatic heterocycles. The van der Waals surface area contributed by atoms with Crippen LogP contribution in [0.2, 0.25) is 0 Å². The number of carbonyl (C=O) groups excluding carboxylic acids is 1. The third-order valence-corrected chi connectivity index (χ3v) is 4.47. The molecule has 1 aliphatic carbocycles. The number of rotatable bonds is 6. The van der Waals surface area contributed by atoms with Gasteiger partial charge in [-0.05, 0) is 49.3 Å². The number of likely N-dealkylation sites (tertiary alicyclic amines) is 1. The van der Waals surface area contributed by atoms with E-state index in [0.717, 1.165) is 44.0 Å². The Morgan fingerprint density at radius 1 is 1.27 bits per heavy atom. The number of ether oxygens (including phenoxy) is 1. The van der Waals surface area contributed by atoms with Crippen LogP contribution in [0.3, 0.4) is 0 Å².